The minimum atomic E-state index is 0.112. The van der Waals surface area contributed by atoms with Crippen LogP contribution in [0.4, 0.5) is 5.69 Å². The molecule has 3 aromatic rings. The van der Waals surface area contributed by atoms with Crippen molar-refractivity contribution < 1.29 is 4.52 Å². The van der Waals surface area contributed by atoms with Crippen molar-refractivity contribution in [3.63, 3.8) is 0 Å². The first-order valence-corrected chi connectivity index (χ1v) is 9.80. The lowest BCUT2D eigenvalue weighted by Gasteiger charge is -2.36. The molecule has 0 radical (unpaired) electrons. The standard InChI is InChI=1S/C22H27N5O/c1-16-6-8-19(9-7-16)21-24-22(28-25-21)17(2)27-12-10-26(11-13-27)15-18-4-3-5-20(23)14-18/h3-9,14,17H,10-13,15,23H2,1-2H3. The highest BCUT2D eigenvalue weighted by molar-refractivity contribution is 5.54. The number of rotatable bonds is 5. The van der Waals surface area contributed by atoms with Crippen LogP contribution in [0.15, 0.2) is 53.1 Å². The monoisotopic (exact) mass is 377 g/mol. The number of aromatic nitrogens is 2. The van der Waals surface area contributed by atoms with E-state index >= 15 is 0 Å². The minimum Gasteiger partial charge on any atom is -0.399 e. The van der Waals surface area contributed by atoms with Crippen LogP contribution in [0.3, 0.4) is 0 Å². The number of anilines is 1. The van der Waals surface area contributed by atoms with Gasteiger partial charge in [-0.2, -0.15) is 4.98 Å². The minimum absolute atomic E-state index is 0.112. The lowest BCUT2D eigenvalue weighted by atomic mass is 10.1. The van der Waals surface area contributed by atoms with Gasteiger partial charge in [-0.3, -0.25) is 9.80 Å². The number of nitrogens with two attached hydrogens (primary N) is 1. The van der Waals surface area contributed by atoms with E-state index in [-0.39, 0.29) is 6.04 Å². The van der Waals surface area contributed by atoms with Crippen LogP contribution in [0.25, 0.3) is 11.4 Å². The predicted octanol–water partition coefficient (Wildman–Crippen LogP) is 3.51. The summed E-state index contributed by atoms with van der Waals surface area (Å²) in [5, 5.41) is 4.18. The van der Waals surface area contributed by atoms with Crippen molar-refractivity contribution in [3.8, 4) is 11.4 Å². The van der Waals surface area contributed by atoms with Crippen LogP contribution in [0.2, 0.25) is 0 Å². The van der Waals surface area contributed by atoms with Gasteiger partial charge in [-0.15, -0.1) is 0 Å². The van der Waals surface area contributed by atoms with Crippen molar-refractivity contribution in [2.24, 2.45) is 0 Å². The van der Waals surface area contributed by atoms with E-state index in [9.17, 15) is 0 Å². The molecule has 0 saturated carbocycles. The first-order chi connectivity index (χ1) is 13.6. The fourth-order valence-corrected chi connectivity index (χ4v) is 3.64. The smallest absolute Gasteiger partial charge is 0.244 e. The lowest BCUT2D eigenvalue weighted by Crippen LogP contribution is -2.46. The molecule has 0 amide bonds. The Labute approximate surface area is 166 Å². The van der Waals surface area contributed by atoms with E-state index in [1.54, 1.807) is 0 Å². The van der Waals surface area contributed by atoms with Gasteiger partial charge in [0.15, 0.2) is 0 Å². The third-order valence-electron chi connectivity index (χ3n) is 5.42. The predicted molar refractivity (Wildman–Crippen MR) is 111 cm³/mol. The van der Waals surface area contributed by atoms with Gasteiger partial charge >= 0.3 is 0 Å². The van der Waals surface area contributed by atoms with E-state index in [1.165, 1.54) is 11.1 Å². The third kappa shape index (κ3) is 4.24. The third-order valence-corrected chi connectivity index (χ3v) is 5.42. The fraction of sp³-hybridized carbons (Fsp3) is 0.364. The summed E-state index contributed by atoms with van der Waals surface area (Å²) in [4.78, 5) is 9.50. The van der Waals surface area contributed by atoms with Crippen molar-refractivity contribution in [2.45, 2.75) is 26.4 Å². The second kappa shape index (κ2) is 8.12. The normalized spacial score (nSPS) is 16.9. The molecule has 1 aliphatic heterocycles. The van der Waals surface area contributed by atoms with E-state index in [0.29, 0.717) is 11.7 Å². The molecule has 0 spiro atoms. The average molecular weight is 377 g/mol. The van der Waals surface area contributed by atoms with Gasteiger partial charge in [-0.1, -0.05) is 47.1 Å². The largest absolute Gasteiger partial charge is 0.399 e. The van der Waals surface area contributed by atoms with E-state index in [4.69, 9.17) is 10.3 Å². The van der Waals surface area contributed by atoms with Crippen LogP contribution in [0, 0.1) is 6.92 Å². The Hall–Kier alpha value is -2.70. The maximum Gasteiger partial charge on any atom is 0.244 e. The Bertz CT molecular complexity index is 913. The van der Waals surface area contributed by atoms with Crippen LogP contribution in [0.1, 0.15) is 30.0 Å². The lowest BCUT2D eigenvalue weighted by molar-refractivity contribution is 0.0845. The molecule has 146 valence electrons. The van der Waals surface area contributed by atoms with Gasteiger partial charge in [0.25, 0.3) is 0 Å². The molecule has 1 saturated heterocycles. The summed E-state index contributed by atoms with van der Waals surface area (Å²) in [6.07, 6.45) is 0. The number of nitrogens with zero attached hydrogens (tertiary/aromatic N) is 4. The van der Waals surface area contributed by atoms with Crippen LogP contribution < -0.4 is 5.73 Å². The molecule has 6 heteroatoms. The summed E-state index contributed by atoms with van der Waals surface area (Å²) in [6.45, 7) is 9.12. The quantitative estimate of drug-likeness (QED) is 0.686. The summed E-state index contributed by atoms with van der Waals surface area (Å²) in [5.41, 5.74) is 10.2. The van der Waals surface area contributed by atoms with Crippen LogP contribution in [-0.2, 0) is 6.54 Å². The molecule has 28 heavy (non-hydrogen) atoms. The molecular formula is C22H27N5O. The summed E-state index contributed by atoms with van der Waals surface area (Å²) in [7, 11) is 0. The Morgan fingerprint density at radius 1 is 1.07 bits per heavy atom. The van der Waals surface area contributed by atoms with Crippen molar-refractivity contribution in [2.75, 3.05) is 31.9 Å². The van der Waals surface area contributed by atoms with Gasteiger partial charge < -0.3 is 10.3 Å². The number of benzene rings is 2. The van der Waals surface area contributed by atoms with Gasteiger partial charge in [0.05, 0.1) is 6.04 Å². The zero-order valence-electron chi connectivity index (χ0n) is 16.5. The molecule has 1 atom stereocenters. The Morgan fingerprint density at radius 3 is 2.54 bits per heavy atom. The molecule has 6 nitrogen and oxygen atoms in total. The van der Waals surface area contributed by atoms with E-state index in [2.05, 4.69) is 58.1 Å². The zero-order valence-corrected chi connectivity index (χ0v) is 16.5. The highest BCUT2D eigenvalue weighted by atomic mass is 16.5. The number of aryl methyl sites for hydroxylation is 1. The van der Waals surface area contributed by atoms with E-state index in [1.807, 2.05) is 24.3 Å². The molecule has 2 aromatic carbocycles. The second-order valence-corrected chi connectivity index (χ2v) is 7.56. The molecule has 0 bridgehead atoms. The van der Waals surface area contributed by atoms with Gasteiger partial charge in [-0.25, -0.2) is 0 Å². The number of hydrogen-bond donors (Lipinski definition) is 1. The molecule has 2 heterocycles. The van der Waals surface area contributed by atoms with Gasteiger partial charge in [-0.05, 0) is 31.5 Å². The second-order valence-electron chi connectivity index (χ2n) is 7.56. The van der Waals surface area contributed by atoms with E-state index in [0.717, 1.165) is 44.0 Å². The number of hydrogen-bond acceptors (Lipinski definition) is 6. The summed E-state index contributed by atoms with van der Waals surface area (Å²) in [5.74, 6) is 1.34. The Morgan fingerprint density at radius 2 is 1.82 bits per heavy atom. The molecular weight excluding hydrogens is 350 g/mol. The van der Waals surface area contributed by atoms with Crippen LogP contribution in [-0.4, -0.2) is 46.1 Å². The first kappa shape index (κ1) is 18.7. The number of piperazine rings is 1. The Kier molecular flexibility index (Phi) is 5.41. The van der Waals surface area contributed by atoms with E-state index < -0.39 is 0 Å². The van der Waals surface area contributed by atoms with Crippen LogP contribution in [0.5, 0.6) is 0 Å². The van der Waals surface area contributed by atoms with Gasteiger partial charge in [0.2, 0.25) is 11.7 Å². The maximum absolute atomic E-state index is 5.89. The highest BCUT2D eigenvalue weighted by Crippen LogP contribution is 2.24. The van der Waals surface area contributed by atoms with Crippen molar-refractivity contribution >= 4 is 5.69 Å². The Balaban J connectivity index is 1.35. The molecule has 2 N–H and O–H groups in total. The molecule has 1 aliphatic rings. The summed E-state index contributed by atoms with van der Waals surface area (Å²) in [6, 6.07) is 16.4. The maximum atomic E-state index is 5.89. The van der Waals surface area contributed by atoms with Crippen molar-refractivity contribution in [1.29, 1.82) is 0 Å². The van der Waals surface area contributed by atoms with Crippen molar-refractivity contribution in [3.05, 3.63) is 65.5 Å². The topological polar surface area (TPSA) is 71.4 Å². The molecule has 4 rings (SSSR count). The zero-order chi connectivity index (χ0) is 19.5. The van der Waals surface area contributed by atoms with Gasteiger partial charge in [0, 0.05) is 44.0 Å². The van der Waals surface area contributed by atoms with Crippen molar-refractivity contribution in [1.82, 2.24) is 19.9 Å². The van der Waals surface area contributed by atoms with Crippen LogP contribution >= 0.6 is 0 Å². The molecule has 0 aliphatic carbocycles. The summed E-state index contributed by atoms with van der Waals surface area (Å²) >= 11 is 0. The average Bonchev–Trinajstić information content (AvgIpc) is 3.19. The SMILES string of the molecule is Cc1ccc(-c2noc(C(C)N3CCN(Cc4cccc(N)c4)CC3)n2)cc1. The highest BCUT2D eigenvalue weighted by Gasteiger charge is 2.26. The van der Waals surface area contributed by atoms with Gasteiger partial charge in [0.1, 0.15) is 0 Å². The number of nitrogen functional groups attached to an aromatic ring is 1. The molecule has 1 fully saturated rings. The molecule has 1 aromatic heterocycles. The fourth-order valence-electron chi connectivity index (χ4n) is 3.64. The molecule has 1 unspecified atom stereocenters. The summed E-state index contributed by atoms with van der Waals surface area (Å²) < 4.78 is 5.57. The first-order valence-electron chi connectivity index (χ1n) is 9.80.